The van der Waals surface area contributed by atoms with Gasteiger partial charge in [0.1, 0.15) is 0 Å². The van der Waals surface area contributed by atoms with Gasteiger partial charge in [0.05, 0.1) is 6.04 Å². The van der Waals surface area contributed by atoms with E-state index in [9.17, 15) is 0 Å². The Kier molecular flexibility index (Phi) is 4.20. The van der Waals surface area contributed by atoms with Gasteiger partial charge in [0, 0.05) is 5.69 Å². The van der Waals surface area contributed by atoms with Crippen molar-refractivity contribution in [1.82, 2.24) is 5.32 Å². The van der Waals surface area contributed by atoms with Crippen LogP contribution in [0.1, 0.15) is 36.1 Å². The van der Waals surface area contributed by atoms with Crippen LogP contribution in [0.15, 0.2) is 48.5 Å². The molecule has 0 heterocycles. The summed E-state index contributed by atoms with van der Waals surface area (Å²) in [7, 11) is 0. The molecule has 1 aliphatic carbocycles. The zero-order valence-electron chi connectivity index (χ0n) is 12.2. The summed E-state index contributed by atoms with van der Waals surface area (Å²) in [6.07, 6.45) is 3.72. The number of nitrogens with one attached hydrogen (secondary N) is 2. The van der Waals surface area contributed by atoms with Crippen LogP contribution in [0.5, 0.6) is 0 Å². The lowest BCUT2D eigenvalue weighted by Crippen LogP contribution is -2.30. The fraction of sp³-hybridized carbons (Fsp3) is 0.278. The molecule has 3 heteroatoms. The van der Waals surface area contributed by atoms with Crippen molar-refractivity contribution in [2.45, 2.75) is 32.2 Å². The molecule has 21 heavy (non-hydrogen) atoms. The highest BCUT2D eigenvalue weighted by Crippen LogP contribution is 2.25. The molecule has 2 nitrogen and oxygen atoms in total. The maximum Gasteiger partial charge on any atom is 0.171 e. The van der Waals surface area contributed by atoms with Gasteiger partial charge < -0.3 is 10.6 Å². The van der Waals surface area contributed by atoms with E-state index < -0.39 is 0 Å². The first-order chi connectivity index (χ1) is 10.2. The summed E-state index contributed by atoms with van der Waals surface area (Å²) in [4.78, 5) is 0. The van der Waals surface area contributed by atoms with Gasteiger partial charge in [-0.05, 0) is 67.2 Å². The van der Waals surface area contributed by atoms with E-state index in [2.05, 4.69) is 35.8 Å². The van der Waals surface area contributed by atoms with E-state index in [0.29, 0.717) is 5.11 Å². The van der Waals surface area contributed by atoms with Crippen molar-refractivity contribution in [2.75, 3.05) is 5.32 Å². The Morgan fingerprint density at radius 1 is 1.05 bits per heavy atom. The predicted octanol–water partition coefficient (Wildman–Crippen LogP) is 4.22. The molecule has 0 saturated carbocycles. The van der Waals surface area contributed by atoms with Gasteiger partial charge in [-0.15, -0.1) is 0 Å². The van der Waals surface area contributed by atoms with Crippen molar-refractivity contribution in [3.63, 3.8) is 0 Å². The van der Waals surface area contributed by atoms with E-state index in [1.165, 1.54) is 36.0 Å². The molecule has 2 aromatic rings. The molecule has 0 bridgehead atoms. The standard InChI is InChI=1S/C18H20N2S/c1-13(15-11-10-14-6-5-7-16(14)12-15)19-18(21)20-17-8-3-2-4-9-17/h2-4,8-13H,5-7H2,1H3,(H2,19,20,21). The van der Waals surface area contributed by atoms with Gasteiger partial charge in [0.25, 0.3) is 0 Å². The minimum atomic E-state index is 0.208. The summed E-state index contributed by atoms with van der Waals surface area (Å²) in [6.45, 7) is 2.15. The van der Waals surface area contributed by atoms with E-state index >= 15 is 0 Å². The lowest BCUT2D eigenvalue weighted by atomic mass is 10.0. The van der Waals surface area contributed by atoms with Crippen LogP contribution in [0.4, 0.5) is 5.69 Å². The molecule has 3 rings (SSSR count). The van der Waals surface area contributed by atoms with Crippen molar-refractivity contribution in [1.29, 1.82) is 0 Å². The average molecular weight is 296 g/mol. The summed E-state index contributed by atoms with van der Waals surface area (Å²) >= 11 is 5.39. The molecule has 2 aromatic carbocycles. The first kappa shape index (κ1) is 14.1. The van der Waals surface area contributed by atoms with Gasteiger partial charge in [-0.25, -0.2) is 0 Å². The number of thiocarbonyl (C=S) groups is 1. The molecule has 2 N–H and O–H groups in total. The second-order valence-electron chi connectivity index (χ2n) is 5.57. The highest BCUT2D eigenvalue weighted by atomic mass is 32.1. The molecule has 0 radical (unpaired) electrons. The van der Waals surface area contributed by atoms with Gasteiger partial charge >= 0.3 is 0 Å². The highest BCUT2D eigenvalue weighted by Gasteiger charge is 2.14. The van der Waals surface area contributed by atoms with E-state index in [4.69, 9.17) is 12.2 Å². The lowest BCUT2D eigenvalue weighted by Gasteiger charge is -2.18. The first-order valence-electron chi connectivity index (χ1n) is 7.46. The first-order valence-corrected chi connectivity index (χ1v) is 7.87. The third kappa shape index (κ3) is 3.42. The maximum absolute atomic E-state index is 5.39. The molecular formula is C18H20N2S. The summed E-state index contributed by atoms with van der Waals surface area (Å²) in [5, 5.41) is 7.23. The van der Waals surface area contributed by atoms with E-state index in [1.54, 1.807) is 0 Å². The molecule has 0 spiro atoms. The quantitative estimate of drug-likeness (QED) is 0.829. The predicted molar refractivity (Wildman–Crippen MR) is 92.7 cm³/mol. The van der Waals surface area contributed by atoms with Crippen molar-refractivity contribution in [3.8, 4) is 0 Å². The molecule has 0 amide bonds. The minimum absolute atomic E-state index is 0.208. The molecule has 1 atom stereocenters. The summed E-state index contributed by atoms with van der Waals surface area (Å²) < 4.78 is 0. The van der Waals surface area contributed by atoms with Crippen LogP contribution in [-0.4, -0.2) is 5.11 Å². The Morgan fingerprint density at radius 2 is 1.81 bits per heavy atom. The van der Waals surface area contributed by atoms with Crippen LogP contribution in [0.3, 0.4) is 0 Å². The second-order valence-corrected chi connectivity index (χ2v) is 5.98. The average Bonchev–Trinajstić information content (AvgIpc) is 2.95. The number of fused-ring (bicyclic) bond motifs is 1. The van der Waals surface area contributed by atoms with Gasteiger partial charge in [-0.2, -0.15) is 0 Å². The molecule has 1 aliphatic rings. The van der Waals surface area contributed by atoms with Gasteiger partial charge in [-0.1, -0.05) is 36.4 Å². The Bertz CT molecular complexity index is 637. The van der Waals surface area contributed by atoms with Gasteiger partial charge in [0.15, 0.2) is 5.11 Å². The summed E-state index contributed by atoms with van der Waals surface area (Å²) in [5.74, 6) is 0. The minimum Gasteiger partial charge on any atom is -0.356 e. The van der Waals surface area contributed by atoms with Crippen LogP contribution in [0, 0.1) is 0 Å². The van der Waals surface area contributed by atoms with Crippen molar-refractivity contribution < 1.29 is 0 Å². The molecule has 0 fully saturated rings. The number of benzene rings is 2. The van der Waals surface area contributed by atoms with E-state index in [-0.39, 0.29) is 6.04 Å². The van der Waals surface area contributed by atoms with Crippen LogP contribution in [-0.2, 0) is 12.8 Å². The number of rotatable bonds is 3. The summed E-state index contributed by atoms with van der Waals surface area (Å²) in [5.41, 5.74) is 5.32. The third-order valence-corrected chi connectivity index (χ3v) is 4.22. The molecule has 108 valence electrons. The van der Waals surface area contributed by atoms with Crippen LogP contribution in [0.25, 0.3) is 0 Å². The Labute approximate surface area is 131 Å². The number of hydrogen-bond acceptors (Lipinski definition) is 1. The van der Waals surface area contributed by atoms with Gasteiger partial charge in [-0.3, -0.25) is 0 Å². The zero-order valence-corrected chi connectivity index (χ0v) is 13.0. The Balaban J connectivity index is 1.63. The van der Waals surface area contributed by atoms with Crippen molar-refractivity contribution in [2.24, 2.45) is 0 Å². The van der Waals surface area contributed by atoms with E-state index in [0.717, 1.165) is 5.69 Å². The van der Waals surface area contributed by atoms with Gasteiger partial charge in [0.2, 0.25) is 0 Å². The normalized spacial score (nSPS) is 14.3. The van der Waals surface area contributed by atoms with Crippen LogP contribution in [0.2, 0.25) is 0 Å². The third-order valence-electron chi connectivity index (χ3n) is 4.00. The fourth-order valence-electron chi connectivity index (χ4n) is 2.83. The number of para-hydroxylation sites is 1. The maximum atomic E-state index is 5.39. The topological polar surface area (TPSA) is 24.1 Å². The monoisotopic (exact) mass is 296 g/mol. The number of hydrogen-bond donors (Lipinski definition) is 2. The van der Waals surface area contributed by atoms with Crippen molar-refractivity contribution >= 4 is 23.0 Å². The van der Waals surface area contributed by atoms with Crippen LogP contribution >= 0.6 is 12.2 Å². The SMILES string of the molecule is CC(NC(=S)Nc1ccccc1)c1ccc2c(c1)CCC2. The molecular weight excluding hydrogens is 276 g/mol. The van der Waals surface area contributed by atoms with E-state index in [1.807, 2.05) is 30.3 Å². The molecule has 1 unspecified atom stereocenters. The fourth-order valence-corrected chi connectivity index (χ4v) is 3.12. The lowest BCUT2D eigenvalue weighted by molar-refractivity contribution is 0.721. The Hall–Kier alpha value is -1.87. The Morgan fingerprint density at radius 3 is 2.62 bits per heavy atom. The zero-order chi connectivity index (χ0) is 14.7. The van der Waals surface area contributed by atoms with Crippen molar-refractivity contribution in [3.05, 3.63) is 65.2 Å². The highest BCUT2D eigenvalue weighted by molar-refractivity contribution is 7.80. The smallest absolute Gasteiger partial charge is 0.171 e. The molecule has 0 saturated heterocycles. The molecule has 0 aromatic heterocycles. The largest absolute Gasteiger partial charge is 0.356 e. The summed E-state index contributed by atoms with van der Waals surface area (Å²) in [6, 6.07) is 17.0. The number of anilines is 1. The number of aryl methyl sites for hydroxylation is 2. The molecule has 0 aliphatic heterocycles. The van der Waals surface area contributed by atoms with Crippen LogP contribution < -0.4 is 10.6 Å². The second kappa shape index (κ2) is 6.27.